The third kappa shape index (κ3) is 6.22. The molecule has 0 amide bonds. The summed E-state index contributed by atoms with van der Waals surface area (Å²) < 4.78 is 72.1. The fourth-order valence-corrected chi connectivity index (χ4v) is 4.64. The fraction of sp³-hybridized carbons (Fsp3) is 0.300. The number of rotatable bonds is 9. The van der Waals surface area contributed by atoms with E-state index in [4.69, 9.17) is 4.74 Å². The van der Waals surface area contributed by atoms with E-state index in [0.717, 1.165) is 11.1 Å². The van der Waals surface area contributed by atoms with E-state index in [2.05, 4.69) is 6.58 Å². The molecular formula is C20H24O7S2. The Hall–Kier alpha value is -2.04. The lowest BCUT2D eigenvalue weighted by Crippen LogP contribution is -2.17. The number of hydrogen-bond donors (Lipinski definition) is 2. The third-order valence-electron chi connectivity index (χ3n) is 4.40. The van der Waals surface area contributed by atoms with Gasteiger partial charge in [-0.1, -0.05) is 41.5 Å². The summed E-state index contributed by atoms with van der Waals surface area (Å²) in [6.07, 6.45) is 1.60. The van der Waals surface area contributed by atoms with Gasteiger partial charge in [0.05, 0.1) is 23.0 Å². The van der Waals surface area contributed by atoms with Crippen molar-refractivity contribution in [2.24, 2.45) is 0 Å². The number of aryl methyl sites for hydroxylation is 2. The maximum Gasteiger partial charge on any atom is 0.294 e. The first kappa shape index (κ1) is 23.2. The Bertz CT molecular complexity index is 1100. The molecule has 29 heavy (non-hydrogen) atoms. The van der Waals surface area contributed by atoms with Crippen LogP contribution in [0.1, 0.15) is 28.2 Å². The number of benzene rings is 2. The van der Waals surface area contributed by atoms with Crippen LogP contribution in [0.25, 0.3) is 0 Å². The van der Waals surface area contributed by atoms with E-state index in [1.54, 1.807) is 38.1 Å². The Morgan fingerprint density at radius 2 is 1.52 bits per heavy atom. The van der Waals surface area contributed by atoms with Gasteiger partial charge in [0.2, 0.25) is 0 Å². The molecule has 0 saturated heterocycles. The van der Waals surface area contributed by atoms with Crippen LogP contribution in [0.4, 0.5) is 0 Å². The van der Waals surface area contributed by atoms with Gasteiger partial charge in [0, 0.05) is 5.92 Å². The van der Waals surface area contributed by atoms with Crippen molar-refractivity contribution in [3.63, 3.8) is 0 Å². The second-order valence-electron chi connectivity index (χ2n) is 6.83. The van der Waals surface area contributed by atoms with Crippen molar-refractivity contribution in [3.05, 3.63) is 71.3 Å². The molecule has 0 bridgehead atoms. The first-order valence-electron chi connectivity index (χ1n) is 8.77. The van der Waals surface area contributed by atoms with Gasteiger partial charge in [0.15, 0.2) is 0 Å². The van der Waals surface area contributed by atoms with Crippen molar-refractivity contribution in [3.8, 4) is 0 Å². The lowest BCUT2D eigenvalue weighted by Gasteiger charge is -2.21. The van der Waals surface area contributed by atoms with Crippen molar-refractivity contribution in [2.45, 2.75) is 36.0 Å². The quantitative estimate of drug-likeness (QED) is 0.349. The summed E-state index contributed by atoms with van der Waals surface area (Å²) in [7, 11) is -8.98. The Balaban J connectivity index is 2.62. The highest BCUT2D eigenvalue weighted by atomic mass is 32.2. The van der Waals surface area contributed by atoms with Gasteiger partial charge in [-0.3, -0.25) is 9.11 Å². The van der Waals surface area contributed by atoms with E-state index in [1.807, 2.05) is 0 Å². The molecule has 7 nitrogen and oxygen atoms in total. The highest BCUT2D eigenvalue weighted by Crippen LogP contribution is 2.31. The Kier molecular flexibility index (Phi) is 7.36. The van der Waals surface area contributed by atoms with Crippen molar-refractivity contribution < 1.29 is 30.7 Å². The van der Waals surface area contributed by atoms with Crippen molar-refractivity contribution in [1.29, 1.82) is 0 Å². The molecule has 0 aromatic heterocycles. The summed E-state index contributed by atoms with van der Waals surface area (Å²) in [4.78, 5) is -0.519. The topological polar surface area (TPSA) is 118 Å². The molecule has 0 fully saturated rings. The molecule has 2 N–H and O–H groups in total. The summed E-state index contributed by atoms with van der Waals surface area (Å²) >= 11 is 0. The monoisotopic (exact) mass is 440 g/mol. The van der Waals surface area contributed by atoms with Crippen molar-refractivity contribution in [1.82, 2.24) is 0 Å². The van der Waals surface area contributed by atoms with E-state index >= 15 is 0 Å². The second-order valence-corrected chi connectivity index (χ2v) is 9.61. The first-order chi connectivity index (χ1) is 13.4. The van der Waals surface area contributed by atoms with Crippen LogP contribution < -0.4 is 0 Å². The molecule has 0 aliphatic heterocycles. The molecule has 0 aliphatic rings. The molecule has 2 aromatic rings. The molecule has 158 valence electrons. The zero-order valence-corrected chi connectivity index (χ0v) is 17.8. The largest absolute Gasteiger partial charge is 0.377 e. The standard InChI is InChI=1S/C20H24O7S2/c1-4-9-27-13-17(18-11-15(3)6-8-20(18)29(24,25)26)12-16-10-14(2)5-7-19(16)28(21,22)23/h4-8,10-11,17H,1,9,12-13H2,2-3H3,(H,21,22,23)(H,24,25,26). The Morgan fingerprint density at radius 3 is 2.07 bits per heavy atom. The summed E-state index contributed by atoms with van der Waals surface area (Å²) in [5.41, 5.74) is 2.17. The SMILES string of the molecule is C=CCOCC(Cc1cc(C)ccc1S(=O)(=O)O)c1cc(C)ccc1S(=O)(=O)O. The van der Waals surface area contributed by atoms with Crippen LogP contribution in [0.15, 0.2) is 58.8 Å². The van der Waals surface area contributed by atoms with Crippen LogP contribution in [0.3, 0.4) is 0 Å². The summed E-state index contributed by atoms with van der Waals surface area (Å²) in [5, 5.41) is 0. The minimum atomic E-state index is -4.51. The zero-order valence-electron chi connectivity index (χ0n) is 16.2. The summed E-state index contributed by atoms with van der Waals surface area (Å²) in [6.45, 7) is 7.38. The highest BCUT2D eigenvalue weighted by molar-refractivity contribution is 7.86. The van der Waals surface area contributed by atoms with Gasteiger partial charge in [0.1, 0.15) is 0 Å². The maximum absolute atomic E-state index is 11.9. The van der Waals surface area contributed by atoms with Crippen LogP contribution in [-0.4, -0.2) is 39.2 Å². The summed E-state index contributed by atoms with van der Waals surface area (Å²) in [5.74, 6) is -0.603. The molecule has 1 unspecified atom stereocenters. The molecule has 9 heteroatoms. The van der Waals surface area contributed by atoms with Gasteiger partial charge in [-0.2, -0.15) is 16.8 Å². The van der Waals surface area contributed by atoms with Gasteiger partial charge in [-0.25, -0.2) is 0 Å². The molecule has 0 spiro atoms. The van der Waals surface area contributed by atoms with Crippen LogP contribution in [0, 0.1) is 13.8 Å². The van der Waals surface area contributed by atoms with E-state index in [0.29, 0.717) is 11.1 Å². The molecule has 0 aliphatic carbocycles. The first-order valence-corrected chi connectivity index (χ1v) is 11.6. The zero-order chi connectivity index (χ0) is 21.8. The minimum absolute atomic E-state index is 0.0524. The molecule has 0 heterocycles. The minimum Gasteiger partial charge on any atom is -0.377 e. The lowest BCUT2D eigenvalue weighted by molar-refractivity contribution is 0.145. The van der Waals surface area contributed by atoms with Crippen LogP contribution in [0.2, 0.25) is 0 Å². The van der Waals surface area contributed by atoms with E-state index in [1.165, 1.54) is 18.2 Å². The van der Waals surface area contributed by atoms with E-state index in [9.17, 15) is 25.9 Å². The third-order valence-corrected chi connectivity index (χ3v) is 6.28. The fourth-order valence-electron chi connectivity index (χ4n) is 3.16. The maximum atomic E-state index is 11.9. The number of hydrogen-bond acceptors (Lipinski definition) is 5. The second kappa shape index (κ2) is 9.19. The van der Waals surface area contributed by atoms with Gasteiger partial charge < -0.3 is 4.74 Å². The van der Waals surface area contributed by atoms with Crippen molar-refractivity contribution >= 4 is 20.2 Å². The normalized spacial score (nSPS) is 13.2. The molecule has 2 rings (SSSR count). The van der Waals surface area contributed by atoms with Crippen LogP contribution >= 0.6 is 0 Å². The average Bonchev–Trinajstić information content (AvgIpc) is 2.59. The average molecular weight is 441 g/mol. The summed E-state index contributed by atoms with van der Waals surface area (Å²) in [6, 6.07) is 8.97. The van der Waals surface area contributed by atoms with Crippen LogP contribution in [-0.2, 0) is 31.4 Å². The Labute approximate surface area is 171 Å². The lowest BCUT2D eigenvalue weighted by atomic mass is 9.91. The van der Waals surface area contributed by atoms with E-state index in [-0.39, 0.29) is 29.4 Å². The van der Waals surface area contributed by atoms with Gasteiger partial charge >= 0.3 is 0 Å². The Morgan fingerprint density at radius 1 is 0.966 bits per heavy atom. The number of ether oxygens (including phenoxy) is 1. The van der Waals surface area contributed by atoms with E-state index < -0.39 is 26.2 Å². The molecule has 1 atom stereocenters. The predicted octanol–water partition coefficient (Wildman–Crippen LogP) is 3.33. The van der Waals surface area contributed by atoms with Gasteiger partial charge in [0.25, 0.3) is 20.2 Å². The molecule has 0 radical (unpaired) electrons. The van der Waals surface area contributed by atoms with Crippen LogP contribution in [0.5, 0.6) is 0 Å². The van der Waals surface area contributed by atoms with Gasteiger partial charge in [-0.05, 0) is 43.5 Å². The van der Waals surface area contributed by atoms with Crippen molar-refractivity contribution in [2.75, 3.05) is 13.2 Å². The molecular weight excluding hydrogens is 416 g/mol. The highest BCUT2D eigenvalue weighted by Gasteiger charge is 2.25. The molecule has 0 saturated carbocycles. The predicted molar refractivity (Wildman–Crippen MR) is 109 cm³/mol. The smallest absolute Gasteiger partial charge is 0.294 e. The van der Waals surface area contributed by atoms with Gasteiger partial charge in [-0.15, -0.1) is 6.58 Å². The molecule has 2 aromatic carbocycles.